The number of unbranched alkanes of at least 4 members (excludes halogenated alkanes) is 1. The Bertz CT molecular complexity index is 358. The van der Waals surface area contributed by atoms with Crippen LogP contribution in [0.4, 0.5) is 0 Å². The van der Waals surface area contributed by atoms with E-state index in [9.17, 15) is 0 Å². The molecule has 1 rings (SSSR count). The average molecular weight is 318 g/mol. The molecule has 0 saturated heterocycles. The SMILES string of the molecule is [CH2-]CCCOc1cccc(OCCCC(C)(C)C)c1.[CH3-].[K+]. The fourth-order valence-corrected chi connectivity index (χ4v) is 1.74. The Hall–Kier alpha value is 0.456. The number of rotatable bonds is 8. The summed E-state index contributed by atoms with van der Waals surface area (Å²) in [4.78, 5) is 0. The second-order valence-corrected chi connectivity index (χ2v) is 6.04. The van der Waals surface area contributed by atoms with Gasteiger partial charge in [-0.2, -0.15) is 6.42 Å². The Kier molecular flexibility index (Phi) is 14.6. The predicted molar refractivity (Wildman–Crippen MR) is 87.1 cm³/mol. The minimum atomic E-state index is 0. The van der Waals surface area contributed by atoms with Crippen molar-refractivity contribution >= 4 is 0 Å². The number of hydrogen-bond donors (Lipinski definition) is 0. The Morgan fingerprint density at radius 2 is 1.52 bits per heavy atom. The standard InChI is InChI=1S/C17H27O2.CH3.K/c1-5-6-12-18-15-9-7-10-16(14-15)19-13-8-11-17(2,3)4;;/h7,9-10,14H,1,5-6,8,11-13H2,2-4H3;1H3;/q2*-1;+1. The molecule has 0 fully saturated rings. The van der Waals surface area contributed by atoms with Crippen LogP contribution >= 0.6 is 0 Å². The molecule has 0 aliphatic rings. The summed E-state index contributed by atoms with van der Waals surface area (Å²) in [6, 6.07) is 7.87. The summed E-state index contributed by atoms with van der Waals surface area (Å²) in [6.45, 7) is 12.0. The molecule has 0 unspecified atom stereocenters. The van der Waals surface area contributed by atoms with Gasteiger partial charge in [-0.1, -0.05) is 26.8 Å². The van der Waals surface area contributed by atoms with Crippen molar-refractivity contribution in [3.63, 3.8) is 0 Å². The number of ether oxygens (including phenoxy) is 2. The van der Waals surface area contributed by atoms with Gasteiger partial charge in [0.05, 0.1) is 13.2 Å². The number of benzene rings is 1. The van der Waals surface area contributed by atoms with Gasteiger partial charge >= 0.3 is 51.4 Å². The van der Waals surface area contributed by atoms with Gasteiger partial charge in [-0.15, -0.1) is 0 Å². The number of hydrogen-bond acceptors (Lipinski definition) is 2. The van der Waals surface area contributed by atoms with Gasteiger partial charge in [-0.25, -0.2) is 0 Å². The second-order valence-electron chi connectivity index (χ2n) is 6.04. The predicted octanol–water partition coefficient (Wildman–Crippen LogP) is 2.34. The molecule has 21 heavy (non-hydrogen) atoms. The summed E-state index contributed by atoms with van der Waals surface area (Å²) >= 11 is 0. The monoisotopic (exact) mass is 317 g/mol. The van der Waals surface area contributed by atoms with Crippen LogP contribution < -0.4 is 60.9 Å². The van der Waals surface area contributed by atoms with E-state index >= 15 is 0 Å². The summed E-state index contributed by atoms with van der Waals surface area (Å²) in [5.41, 5.74) is 0.377. The first-order valence-electron chi connectivity index (χ1n) is 7.16. The molecule has 0 amide bonds. The van der Waals surface area contributed by atoms with E-state index in [2.05, 4.69) is 27.7 Å². The van der Waals surface area contributed by atoms with Crippen LogP contribution in [-0.2, 0) is 0 Å². The quantitative estimate of drug-likeness (QED) is 0.416. The fourth-order valence-electron chi connectivity index (χ4n) is 1.74. The second kappa shape index (κ2) is 12.9. The van der Waals surface area contributed by atoms with Crippen molar-refractivity contribution in [3.8, 4) is 11.5 Å². The maximum absolute atomic E-state index is 5.76. The third-order valence-corrected chi connectivity index (χ3v) is 2.81. The van der Waals surface area contributed by atoms with Gasteiger partial charge in [0.2, 0.25) is 0 Å². The third-order valence-electron chi connectivity index (χ3n) is 2.81. The first-order chi connectivity index (χ1) is 9.01. The van der Waals surface area contributed by atoms with Crippen LogP contribution in [0, 0.1) is 19.8 Å². The first-order valence-corrected chi connectivity index (χ1v) is 7.16. The Labute approximate surface area is 174 Å². The Morgan fingerprint density at radius 3 is 2.00 bits per heavy atom. The molecule has 0 bridgehead atoms. The Morgan fingerprint density at radius 1 is 1.00 bits per heavy atom. The molecule has 0 spiro atoms. The molecule has 1 aromatic carbocycles. The van der Waals surface area contributed by atoms with E-state index in [0.717, 1.165) is 44.0 Å². The van der Waals surface area contributed by atoms with Crippen LogP contribution in [0.25, 0.3) is 0 Å². The zero-order valence-electron chi connectivity index (χ0n) is 14.6. The molecule has 0 saturated carbocycles. The normalized spacial score (nSPS) is 10.3. The summed E-state index contributed by atoms with van der Waals surface area (Å²) in [7, 11) is 0. The van der Waals surface area contributed by atoms with Crippen molar-refractivity contribution in [2.24, 2.45) is 5.41 Å². The summed E-state index contributed by atoms with van der Waals surface area (Å²) in [6.07, 6.45) is 4.14. The molecular formula is C18H30KO2-. The summed E-state index contributed by atoms with van der Waals surface area (Å²) < 4.78 is 11.4. The van der Waals surface area contributed by atoms with Crippen molar-refractivity contribution in [2.45, 2.75) is 46.5 Å². The van der Waals surface area contributed by atoms with Gasteiger partial charge in [0.1, 0.15) is 11.5 Å². The van der Waals surface area contributed by atoms with E-state index in [1.54, 1.807) is 0 Å². The van der Waals surface area contributed by atoms with Crippen LogP contribution in [0.5, 0.6) is 11.5 Å². The maximum Gasteiger partial charge on any atom is 1.00 e. The molecule has 0 radical (unpaired) electrons. The molecule has 3 heteroatoms. The molecule has 116 valence electrons. The van der Waals surface area contributed by atoms with E-state index in [1.165, 1.54) is 6.42 Å². The summed E-state index contributed by atoms with van der Waals surface area (Å²) in [5.74, 6) is 1.77. The molecular weight excluding hydrogens is 287 g/mol. The minimum Gasteiger partial charge on any atom is -0.494 e. The van der Waals surface area contributed by atoms with Crippen LogP contribution in [0.1, 0.15) is 46.5 Å². The smallest absolute Gasteiger partial charge is 0.494 e. The Balaban J connectivity index is 0. The van der Waals surface area contributed by atoms with E-state index in [-0.39, 0.29) is 58.8 Å². The van der Waals surface area contributed by atoms with Crippen molar-refractivity contribution in [1.29, 1.82) is 0 Å². The van der Waals surface area contributed by atoms with Crippen LogP contribution in [0.15, 0.2) is 24.3 Å². The van der Waals surface area contributed by atoms with Crippen LogP contribution in [-0.4, -0.2) is 13.2 Å². The van der Waals surface area contributed by atoms with Crippen molar-refractivity contribution in [1.82, 2.24) is 0 Å². The largest absolute Gasteiger partial charge is 1.00 e. The van der Waals surface area contributed by atoms with Gasteiger partial charge in [-0.05, 0) is 36.8 Å². The summed E-state index contributed by atoms with van der Waals surface area (Å²) in [5, 5.41) is 0. The van der Waals surface area contributed by atoms with E-state index in [4.69, 9.17) is 9.47 Å². The molecule has 1 aromatic rings. The molecule has 0 aliphatic carbocycles. The zero-order valence-corrected chi connectivity index (χ0v) is 17.7. The van der Waals surface area contributed by atoms with Crippen molar-refractivity contribution in [3.05, 3.63) is 38.6 Å². The molecule has 0 atom stereocenters. The average Bonchev–Trinajstić information content (AvgIpc) is 2.35. The molecule has 0 aliphatic heterocycles. The van der Waals surface area contributed by atoms with Gasteiger partial charge in [0.15, 0.2) is 0 Å². The zero-order chi connectivity index (χ0) is 14.1. The molecule has 2 nitrogen and oxygen atoms in total. The van der Waals surface area contributed by atoms with Gasteiger partial charge < -0.3 is 23.8 Å². The maximum atomic E-state index is 5.76. The van der Waals surface area contributed by atoms with Crippen LogP contribution in [0.3, 0.4) is 0 Å². The minimum absolute atomic E-state index is 0. The van der Waals surface area contributed by atoms with E-state index in [1.807, 2.05) is 24.3 Å². The van der Waals surface area contributed by atoms with Gasteiger partial charge in [0, 0.05) is 6.07 Å². The van der Waals surface area contributed by atoms with Crippen LogP contribution in [0.2, 0.25) is 0 Å². The first kappa shape index (κ1) is 23.7. The van der Waals surface area contributed by atoms with Gasteiger partial charge in [0.25, 0.3) is 0 Å². The van der Waals surface area contributed by atoms with E-state index in [0.29, 0.717) is 5.41 Å². The molecule has 0 N–H and O–H groups in total. The van der Waals surface area contributed by atoms with Crippen molar-refractivity contribution in [2.75, 3.05) is 13.2 Å². The van der Waals surface area contributed by atoms with Crippen molar-refractivity contribution < 1.29 is 60.9 Å². The molecule has 0 heterocycles. The third kappa shape index (κ3) is 12.7. The van der Waals surface area contributed by atoms with Gasteiger partial charge in [-0.3, -0.25) is 0 Å². The molecule has 0 aromatic heterocycles. The fraction of sp³-hybridized carbons (Fsp3) is 0.556. The topological polar surface area (TPSA) is 18.5 Å². The van der Waals surface area contributed by atoms with E-state index < -0.39 is 0 Å².